The molecule has 0 fully saturated rings. The largest absolute Gasteiger partial charge is 0.450 e. The number of Topliss-reactive ketones (excluding diaryl/α,β-unsaturated/α-hetero) is 2. The molecule has 104 valence electrons. The van der Waals surface area contributed by atoms with Gasteiger partial charge in [-0.05, 0) is 0 Å². The van der Waals surface area contributed by atoms with Crippen molar-refractivity contribution in [2.75, 3.05) is 0 Å². The van der Waals surface area contributed by atoms with Gasteiger partial charge < -0.3 is 4.74 Å². The minimum atomic E-state index is -0.377. The quantitative estimate of drug-likeness (QED) is 0.458. The zero-order valence-electron chi connectivity index (χ0n) is 11.4. The maximum atomic E-state index is 12.1. The van der Waals surface area contributed by atoms with E-state index in [1.165, 1.54) is 0 Å². The van der Waals surface area contributed by atoms with Crippen molar-refractivity contribution in [1.29, 1.82) is 0 Å². The SMILES string of the molecule is C=C(OC(=C)C(=O)c1ccccc1)C(=O)c1ccccc1. The summed E-state index contributed by atoms with van der Waals surface area (Å²) < 4.78 is 5.19. The van der Waals surface area contributed by atoms with Crippen molar-refractivity contribution < 1.29 is 14.3 Å². The molecule has 0 unspecified atom stereocenters. The van der Waals surface area contributed by atoms with Gasteiger partial charge in [0.25, 0.3) is 0 Å². The summed E-state index contributed by atoms with van der Waals surface area (Å²) in [7, 11) is 0. The van der Waals surface area contributed by atoms with E-state index >= 15 is 0 Å². The van der Waals surface area contributed by atoms with Gasteiger partial charge in [0.05, 0.1) is 0 Å². The number of carbonyl (C=O) groups is 2. The van der Waals surface area contributed by atoms with Crippen molar-refractivity contribution in [2.24, 2.45) is 0 Å². The Labute approximate surface area is 123 Å². The third-order valence-electron chi connectivity index (χ3n) is 2.82. The van der Waals surface area contributed by atoms with Crippen LogP contribution in [0.4, 0.5) is 0 Å². The van der Waals surface area contributed by atoms with Gasteiger partial charge in [-0.25, -0.2) is 0 Å². The van der Waals surface area contributed by atoms with Gasteiger partial charge in [-0.15, -0.1) is 0 Å². The number of benzene rings is 2. The highest BCUT2D eigenvalue weighted by molar-refractivity contribution is 6.10. The standard InChI is InChI=1S/C18H14O3/c1-13(17(19)15-9-5-3-6-10-15)21-14(2)18(20)16-11-7-4-8-12-16/h3-12H,1-2H2. The molecular weight excluding hydrogens is 264 g/mol. The number of carbonyl (C=O) groups excluding carboxylic acids is 2. The van der Waals surface area contributed by atoms with Crippen LogP contribution in [0.25, 0.3) is 0 Å². The fourth-order valence-corrected chi connectivity index (χ4v) is 1.74. The molecule has 0 aliphatic carbocycles. The van der Waals surface area contributed by atoms with Gasteiger partial charge in [0.1, 0.15) is 0 Å². The highest BCUT2D eigenvalue weighted by atomic mass is 16.5. The molecule has 3 heteroatoms. The Morgan fingerprint density at radius 1 is 0.667 bits per heavy atom. The van der Waals surface area contributed by atoms with Gasteiger partial charge in [0.15, 0.2) is 11.5 Å². The van der Waals surface area contributed by atoms with E-state index < -0.39 is 0 Å². The zero-order valence-corrected chi connectivity index (χ0v) is 11.4. The molecule has 0 N–H and O–H groups in total. The molecule has 0 radical (unpaired) electrons. The topological polar surface area (TPSA) is 43.4 Å². The summed E-state index contributed by atoms with van der Waals surface area (Å²) in [6.07, 6.45) is 0. The van der Waals surface area contributed by atoms with Crippen LogP contribution >= 0.6 is 0 Å². The molecule has 0 heterocycles. The lowest BCUT2D eigenvalue weighted by Gasteiger charge is -2.09. The number of hydrogen-bond acceptors (Lipinski definition) is 3. The van der Waals surface area contributed by atoms with Crippen LogP contribution in [-0.4, -0.2) is 11.6 Å². The first-order valence-electron chi connectivity index (χ1n) is 6.34. The van der Waals surface area contributed by atoms with Crippen LogP contribution in [0.15, 0.2) is 85.3 Å². The third kappa shape index (κ3) is 3.54. The number of ketones is 2. The highest BCUT2D eigenvalue weighted by Crippen LogP contribution is 2.14. The van der Waals surface area contributed by atoms with Crippen molar-refractivity contribution >= 4 is 11.6 Å². The zero-order chi connectivity index (χ0) is 15.2. The summed E-state index contributed by atoms with van der Waals surface area (Å²) >= 11 is 0. The number of allylic oxidation sites excluding steroid dienone is 2. The molecule has 21 heavy (non-hydrogen) atoms. The van der Waals surface area contributed by atoms with E-state index in [4.69, 9.17) is 4.74 Å². The maximum absolute atomic E-state index is 12.1. The Balaban J connectivity index is 2.05. The van der Waals surface area contributed by atoms with Crippen LogP contribution in [0, 0.1) is 0 Å². The van der Waals surface area contributed by atoms with E-state index in [9.17, 15) is 9.59 Å². The van der Waals surface area contributed by atoms with Crippen LogP contribution in [0.3, 0.4) is 0 Å². The molecule has 0 aliphatic rings. The molecule has 0 saturated heterocycles. The van der Waals surface area contributed by atoms with Crippen molar-refractivity contribution in [1.82, 2.24) is 0 Å². The highest BCUT2D eigenvalue weighted by Gasteiger charge is 2.17. The minimum Gasteiger partial charge on any atom is -0.450 e. The second-order valence-corrected chi connectivity index (χ2v) is 4.34. The lowest BCUT2D eigenvalue weighted by atomic mass is 10.1. The molecule has 0 spiro atoms. The Hall–Kier alpha value is -2.94. The van der Waals surface area contributed by atoms with E-state index in [0.717, 1.165) is 0 Å². The smallest absolute Gasteiger partial charge is 0.227 e. The fraction of sp³-hybridized carbons (Fsp3) is 0. The second-order valence-electron chi connectivity index (χ2n) is 4.34. The Morgan fingerprint density at radius 2 is 1.00 bits per heavy atom. The first-order valence-corrected chi connectivity index (χ1v) is 6.34. The van der Waals surface area contributed by atoms with Crippen LogP contribution < -0.4 is 0 Å². The lowest BCUT2D eigenvalue weighted by molar-refractivity contribution is 0.0904. The molecule has 0 aliphatic heterocycles. The molecular formula is C18H14O3. The monoisotopic (exact) mass is 278 g/mol. The van der Waals surface area contributed by atoms with Crippen LogP contribution in [0.5, 0.6) is 0 Å². The van der Waals surface area contributed by atoms with Crippen molar-refractivity contribution in [3.8, 4) is 0 Å². The molecule has 2 aromatic rings. The average molecular weight is 278 g/mol. The van der Waals surface area contributed by atoms with Crippen LogP contribution in [0.1, 0.15) is 20.7 Å². The molecule has 0 bridgehead atoms. The van der Waals surface area contributed by atoms with Gasteiger partial charge in [-0.3, -0.25) is 9.59 Å². The average Bonchev–Trinajstić information content (AvgIpc) is 2.55. The van der Waals surface area contributed by atoms with E-state index in [-0.39, 0.29) is 23.1 Å². The summed E-state index contributed by atoms with van der Waals surface area (Å²) in [4.78, 5) is 24.1. The predicted molar refractivity (Wildman–Crippen MR) is 80.9 cm³/mol. The van der Waals surface area contributed by atoms with E-state index in [0.29, 0.717) is 11.1 Å². The van der Waals surface area contributed by atoms with Crippen LogP contribution in [-0.2, 0) is 4.74 Å². The molecule has 0 amide bonds. The lowest BCUT2D eigenvalue weighted by Crippen LogP contribution is -2.10. The van der Waals surface area contributed by atoms with E-state index in [1.54, 1.807) is 60.7 Å². The predicted octanol–water partition coefficient (Wildman–Crippen LogP) is 3.80. The normalized spacial score (nSPS) is 9.71. The first kappa shape index (κ1) is 14.5. The van der Waals surface area contributed by atoms with Crippen molar-refractivity contribution in [2.45, 2.75) is 0 Å². The summed E-state index contributed by atoms with van der Waals surface area (Å²) in [6.45, 7) is 7.12. The van der Waals surface area contributed by atoms with Crippen molar-refractivity contribution in [3.05, 3.63) is 96.5 Å². The van der Waals surface area contributed by atoms with Gasteiger partial charge in [0, 0.05) is 11.1 Å². The Morgan fingerprint density at radius 3 is 1.33 bits per heavy atom. The fourth-order valence-electron chi connectivity index (χ4n) is 1.74. The van der Waals surface area contributed by atoms with Gasteiger partial charge >= 0.3 is 0 Å². The number of ether oxygens (including phenoxy) is 1. The summed E-state index contributed by atoms with van der Waals surface area (Å²) in [5.74, 6) is -1.01. The molecule has 0 saturated carbocycles. The molecule has 3 nitrogen and oxygen atoms in total. The Bertz CT molecular complexity index is 623. The number of rotatable bonds is 6. The minimum absolute atomic E-state index is 0.129. The summed E-state index contributed by atoms with van der Waals surface area (Å²) in [5.41, 5.74) is 0.893. The number of hydrogen-bond donors (Lipinski definition) is 0. The van der Waals surface area contributed by atoms with Crippen LogP contribution in [0.2, 0.25) is 0 Å². The van der Waals surface area contributed by atoms with E-state index in [1.807, 2.05) is 0 Å². The van der Waals surface area contributed by atoms with E-state index in [2.05, 4.69) is 13.2 Å². The van der Waals surface area contributed by atoms with Crippen molar-refractivity contribution in [3.63, 3.8) is 0 Å². The maximum Gasteiger partial charge on any atom is 0.227 e. The summed E-state index contributed by atoms with van der Waals surface area (Å²) in [5, 5.41) is 0. The van der Waals surface area contributed by atoms with Gasteiger partial charge in [-0.1, -0.05) is 73.8 Å². The first-order chi connectivity index (χ1) is 10.1. The Kier molecular flexibility index (Phi) is 4.46. The molecule has 0 aromatic heterocycles. The molecule has 2 aromatic carbocycles. The summed E-state index contributed by atoms with van der Waals surface area (Å²) in [6, 6.07) is 17.2. The third-order valence-corrected chi connectivity index (χ3v) is 2.82. The second kappa shape index (κ2) is 6.48. The molecule has 2 rings (SSSR count). The molecule has 0 atom stereocenters. The van der Waals surface area contributed by atoms with Gasteiger partial charge in [-0.2, -0.15) is 0 Å². The van der Waals surface area contributed by atoms with Gasteiger partial charge in [0.2, 0.25) is 11.6 Å².